The maximum absolute atomic E-state index is 11.0. The Kier molecular flexibility index (Phi) is 7.39. The first kappa shape index (κ1) is 12.2. The molecule has 74 valence electrons. The molecule has 0 aromatic carbocycles. The van der Waals surface area contributed by atoms with Crippen LogP contribution in [0.1, 0.15) is 6.42 Å². The van der Waals surface area contributed by atoms with Crippen LogP contribution in [-0.4, -0.2) is 25.0 Å². The Balaban J connectivity index is 3.77. The molecule has 0 aromatic rings. The van der Waals surface area contributed by atoms with Crippen LogP contribution in [0.4, 0.5) is 0 Å². The van der Waals surface area contributed by atoms with Gasteiger partial charge in [0.05, 0.1) is 18.9 Å². The molecule has 0 aromatic heterocycles. The first-order valence-corrected chi connectivity index (χ1v) is 4.92. The highest BCUT2D eigenvalue weighted by molar-refractivity contribution is 9.09. The average Bonchev–Trinajstić information content (AvgIpc) is 2.16. The molecule has 0 aliphatic heterocycles. The third-order valence-electron chi connectivity index (χ3n) is 1.25. The number of hydrogen-bond donors (Lipinski definition) is 0. The fraction of sp³-hybridized carbons (Fsp3) is 0.444. The van der Waals surface area contributed by atoms with Gasteiger partial charge in [0.1, 0.15) is 12.4 Å². The van der Waals surface area contributed by atoms with E-state index in [-0.39, 0.29) is 19.0 Å². The summed E-state index contributed by atoms with van der Waals surface area (Å²) in [7, 11) is 1.56. The average molecular weight is 249 g/mol. The van der Waals surface area contributed by atoms with Crippen molar-refractivity contribution >= 4 is 21.9 Å². The van der Waals surface area contributed by atoms with Crippen LogP contribution in [0.25, 0.3) is 0 Å². The van der Waals surface area contributed by atoms with Crippen molar-refractivity contribution in [2.24, 2.45) is 0 Å². The monoisotopic (exact) mass is 248 g/mol. The van der Waals surface area contributed by atoms with Gasteiger partial charge in [-0.2, -0.15) is 0 Å². The van der Waals surface area contributed by atoms with E-state index in [4.69, 9.17) is 9.47 Å². The van der Waals surface area contributed by atoms with Gasteiger partial charge in [0.15, 0.2) is 0 Å². The predicted octanol–water partition coefficient (Wildman–Crippen LogP) is 2.03. The molecule has 0 radical (unpaired) electrons. The van der Waals surface area contributed by atoms with Crippen molar-refractivity contribution in [1.29, 1.82) is 0 Å². The summed E-state index contributed by atoms with van der Waals surface area (Å²) in [6.07, 6.45) is 3.44. The van der Waals surface area contributed by atoms with Crippen LogP contribution in [0, 0.1) is 0 Å². The van der Waals surface area contributed by atoms with Gasteiger partial charge < -0.3 is 9.47 Å². The maximum atomic E-state index is 11.0. The lowest BCUT2D eigenvalue weighted by molar-refractivity contribution is -0.141. The second-order valence-electron chi connectivity index (χ2n) is 2.18. The normalized spacial score (nSPS) is 10.8. The summed E-state index contributed by atoms with van der Waals surface area (Å²) in [5.74, 6) is 0.436. The lowest BCUT2D eigenvalue weighted by atomic mass is 10.3. The van der Waals surface area contributed by atoms with Gasteiger partial charge in [0, 0.05) is 0 Å². The molecular weight excluding hydrogens is 236 g/mol. The van der Waals surface area contributed by atoms with Crippen molar-refractivity contribution in [3.05, 3.63) is 24.5 Å². The van der Waals surface area contributed by atoms with Crippen LogP contribution >= 0.6 is 15.9 Å². The van der Waals surface area contributed by atoms with E-state index in [0.717, 1.165) is 5.76 Å². The van der Waals surface area contributed by atoms with Gasteiger partial charge in [-0.15, -0.1) is 0 Å². The van der Waals surface area contributed by atoms with Crippen LogP contribution in [0.3, 0.4) is 0 Å². The van der Waals surface area contributed by atoms with Gasteiger partial charge in [0.2, 0.25) is 0 Å². The maximum Gasteiger partial charge on any atom is 0.310 e. The Labute approximate surface area is 86.5 Å². The molecule has 0 saturated heterocycles. The minimum Gasteiger partial charge on any atom is -0.501 e. The van der Waals surface area contributed by atoms with E-state index in [9.17, 15) is 4.79 Å². The number of carbonyl (C=O) groups excluding carboxylic acids is 1. The summed E-state index contributed by atoms with van der Waals surface area (Å²) in [4.78, 5) is 11.0. The molecule has 0 heterocycles. The fourth-order valence-corrected chi connectivity index (χ4v) is 1.06. The summed E-state index contributed by atoms with van der Waals surface area (Å²) < 4.78 is 9.70. The number of esters is 1. The molecule has 4 heteroatoms. The van der Waals surface area contributed by atoms with Crippen LogP contribution < -0.4 is 0 Å². The second-order valence-corrected chi connectivity index (χ2v) is 2.74. The smallest absolute Gasteiger partial charge is 0.310 e. The third-order valence-corrected chi connectivity index (χ3v) is 1.81. The predicted molar refractivity (Wildman–Crippen MR) is 54.7 cm³/mol. The molecule has 0 fully saturated rings. The fourth-order valence-electron chi connectivity index (χ4n) is 0.600. The van der Waals surface area contributed by atoms with Gasteiger partial charge in [-0.1, -0.05) is 28.6 Å². The Hall–Kier alpha value is -0.770. The van der Waals surface area contributed by atoms with E-state index in [0.29, 0.717) is 5.33 Å². The van der Waals surface area contributed by atoms with Gasteiger partial charge in [0.25, 0.3) is 0 Å². The zero-order valence-corrected chi connectivity index (χ0v) is 9.17. The van der Waals surface area contributed by atoms with Crippen LogP contribution in [-0.2, 0) is 14.3 Å². The molecule has 0 rings (SSSR count). The number of alkyl halides is 1. The van der Waals surface area contributed by atoms with Gasteiger partial charge in [-0.05, 0) is 6.08 Å². The second kappa shape index (κ2) is 7.86. The molecular formula is C9H13BrO3. The van der Waals surface area contributed by atoms with Crippen molar-refractivity contribution in [3.8, 4) is 0 Å². The Morgan fingerprint density at radius 1 is 1.62 bits per heavy atom. The molecule has 0 unspecified atom stereocenters. The number of allylic oxidation sites excluding steroid dienone is 1. The lowest BCUT2D eigenvalue weighted by Gasteiger charge is -2.01. The molecule has 0 spiro atoms. The molecule has 0 bridgehead atoms. The van der Waals surface area contributed by atoms with Crippen molar-refractivity contribution in [2.45, 2.75) is 6.42 Å². The highest BCUT2D eigenvalue weighted by atomic mass is 79.9. The number of hydrogen-bond acceptors (Lipinski definition) is 3. The van der Waals surface area contributed by atoms with E-state index in [1.165, 1.54) is 6.08 Å². The topological polar surface area (TPSA) is 35.5 Å². The summed E-state index contributed by atoms with van der Waals surface area (Å²) in [5, 5.41) is 0.595. The van der Waals surface area contributed by atoms with Gasteiger partial charge in [-0.3, -0.25) is 4.79 Å². The van der Waals surface area contributed by atoms with E-state index < -0.39 is 0 Å². The minimum absolute atomic E-state index is 0.225. The number of ether oxygens (including phenoxy) is 2. The summed E-state index contributed by atoms with van der Waals surface area (Å²) in [5.41, 5.74) is 0. The van der Waals surface area contributed by atoms with E-state index in [1.54, 1.807) is 13.2 Å². The van der Waals surface area contributed by atoms with Crippen LogP contribution in [0.5, 0.6) is 0 Å². The Bertz CT molecular complexity index is 193. The van der Waals surface area contributed by atoms with E-state index >= 15 is 0 Å². The van der Waals surface area contributed by atoms with Crippen LogP contribution in [0.2, 0.25) is 0 Å². The highest BCUT2D eigenvalue weighted by Crippen LogP contribution is 2.02. The first-order chi connectivity index (χ1) is 6.24. The number of rotatable bonds is 6. The van der Waals surface area contributed by atoms with Crippen LogP contribution in [0.15, 0.2) is 24.5 Å². The van der Waals surface area contributed by atoms with Crippen molar-refractivity contribution in [3.63, 3.8) is 0 Å². The number of halogens is 1. The Morgan fingerprint density at radius 2 is 2.31 bits per heavy atom. The van der Waals surface area contributed by atoms with E-state index in [1.807, 2.05) is 0 Å². The van der Waals surface area contributed by atoms with Crippen molar-refractivity contribution in [1.82, 2.24) is 0 Å². The number of methoxy groups -OCH3 is 1. The quantitative estimate of drug-likeness (QED) is 0.313. The lowest BCUT2D eigenvalue weighted by Crippen LogP contribution is -2.03. The number of carbonyl (C=O) groups is 1. The zero-order chi connectivity index (χ0) is 10.1. The molecule has 13 heavy (non-hydrogen) atoms. The Morgan fingerprint density at radius 3 is 2.77 bits per heavy atom. The summed E-state index contributed by atoms with van der Waals surface area (Å²) in [6.45, 7) is 3.69. The SMILES string of the molecule is C=CCOC(=O)CC=C(CBr)OC. The van der Waals surface area contributed by atoms with Crippen molar-refractivity contribution in [2.75, 3.05) is 19.0 Å². The molecule has 0 saturated carbocycles. The molecule has 0 aliphatic rings. The zero-order valence-electron chi connectivity index (χ0n) is 7.59. The summed E-state index contributed by atoms with van der Waals surface area (Å²) in [6, 6.07) is 0. The van der Waals surface area contributed by atoms with Gasteiger partial charge in [-0.25, -0.2) is 0 Å². The molecule has 0 aliphatic carbocycles. The highest BCUT2D eigenvalue weighted by Gasteiger charge is 2.00. The third kappa shape index (κ3) is 6.40. The molecule has 0 atom stereocenters. The van der Waals surface area contributed by atoms with Gasteiger partial charge >= 0.3 is 5.97 Å². The largest absolute Gasteiger partial charge is 0.501 e. The molecule has 0 amide bonds. The van der Waals surface area contributed by atoms with E-state index in [2.05, 4.69) is 22.5 Å². The summed E-state index contributed by atoms with van der Waals surface area (Å²) >= 11 is 3.22. The standard InChI is InChI=1S/C9H13BrO3/c1-3-6-13-9(11)5-4-8(7-10)12-2/h3-4H,1,5-7H2,2H3. The molecule has 3 nitrogen and oxygen atoms in total. The molecule has 0 N–H and O–H groups in total. The minimum atomic E-state index is -0.282. The van der Waals surface area contributed by atoms with Crippen molar-refractivity contribution < 1.29 is 14.3 Å². The first-order valence-electron chi connectivity index (χ1n) is 3.80.